The zero-order valence-corrected chi connectivity index (χ0v) is 9.92. The van der Waals surface area contributed by atoms with Crippen molar-refractivity contribution >= 4 is 6.29 Å². The average Bonchev–Trinajstić information content (AvgIpc) is 2.25. The predicted octanol–water partition coefficient (Wildman–Crippen LogP) is 3.50. The number of aldehydes is 1. The SMILES string of the molecule is CCc1ccc(C(C)C)c(CCC=O)c1. The van der Waals surface area contributed by atoms with Crippen LogP contribution in [-0.2, 0) is 17.6 Å². The molecule has 82 valence electrons. The summed E-state index contributed by atoms with van der Waals surface area (Å²) in [5.74, 6) is 0.539. The molecule has 0 amide bonds. The normalized spacial score (nSPS) is 10.7. The van der Waals surface area contributed by atoms with E-state index in [1.807, 2.05) is 0 Å². The number of carbonyl (C=O) groups excluding carboxylic acids is 1. The Labute approximate surface area is 92.5 Å². The first-order valence-electron chi connectivity index (χ1n) is 5.74. The molecule has 1 heteroatoms. The van der Waals surface area contributed by atoms with Crippen LogP contribution in [0.25, 0.3) is 0 Å². The van der Waals surface area contributed by atoms with Crippen LogP contribution in [-0.4, -0.2) is 6.29 Å². The van der Waals surface area contributed by atoms with Crippen LogP contribution in [0.2, 0.25) is 0 Å². The Morgan fingerprint density at radius 3 is 2.60 bits per heavy atom. The van der Waals surface area contributed by atoms with Gasteiger partial charge in [-0.3, -0.25) is 0 Å². The average molecular weight is 204 g/mol. The van der Waals surface area contributed by atoms with Gasteiger partial charge in [0.25, 0.3) is 0 Å². The van der Waals surface area contributed by atoms with Gasteiger partial charge in [-0.15, -0.1) is 0 Å². The standard InChI is InChI=1S/C14H20O/c1-4-12-7-8-14(11(2)3)13(10-12)6-5-9-15/h7-11H,4-6H2,1-3H3. The Hall–Kier alpha value is -1.11. The van der Waals surface area contributed by atoms with E-state index in [9.17, 15) is 4.79 Å². The number of carbonyl (C=O) groups is 1. The van der Waals surface area contributed by atoms with E-state index in [-0.39, 0.29) is 0 Å². The van der Waals surface area contributed by atoms with Crippen LogP contribution in [0.15, 0.2) is 18.2 Å². The zero-order chi connectivity index (χ0) is 11.3. The molecule has 0 bridgehead atoms. The maximum atomic E-state index is 10.4. The van der Waals surface area contributed by atoms with Crippen molar-refractivity contribution in [2.75, 3.05) is 0 Å². The van der Waals surface area contributed by atoms with E-state index in [0.29, 0.717) is 12.3 Å². The minimum Gasteiger partial charge on any atom is -0.303 e. The van der Waals surface area contributed by atoms with Gasteiger partial charge < -0.3 is 4.79 Å². The van der Waals surface area contributed by atoms with Gasteiger partial charge in [-0.1, -0.05) is 39.0 Å². The lowest BCUT2D eigenvalue weighted by molar-refractivity contribution is -0.107. The topological polar surface area (TPSA) is 17.1 Å². The van der Waals surface area contributed by atoms with Crippen molar-refractivity contribution in [1.29, 1.82) is 0 Å². The van der Waals surface area contributed by atoms with Gasteiger partial charge in [0.1, 0.15) is 6.29 Å². The quantitative estimate of drug-likeness (QED) is 0.671. The summed E-state index contributed by atoms with van der Waals surface area (Å²) in [7, 11) is 0. The van der Waals surface area contributed by atoms with Gasteiger partial charge in [0, 0.05) is 6.42 Å². The van der Waals surface area contributed by atoms with Crippen LogP contribution in [0.1, 0.15) is 49.8 Å². The van der Waals surface area contributed by atoms with E-state index in [0.717, 1.165) is 19.1 Å². The van der Waals surface area contributed by atoms with Crippen molar-refractivity contribution in [2.24, 2.45) is 0 Å². The lowest BCUT2D eigenvalue weighted by Gasteiger charge is -2.13. The van der Waals surface area contributed by atoms with Gasteiger partial charge >= 0.3 is 0 Å². The molecule has 0 atom stereocenters. The largest absolute Gasteiger partial charge is 0.303 e. The highest BCUT2D eigenvalue weighted by Crippen LogP contribution is 2.22. The zero-order valence-electron chi connectivity index (χ0n) is 9.92. The number of rotatable bonds is 5. The molecular formula is C14H20O. The summed E-state index contributed by atoms with van der Waals surface area (Å²) >= 11 is 0. The van der Waals surface area contributed by atoms with Gasteiger partial charge in [-0.25, -0.2) is 0 Å². The fourth-order valence-corrected chi connectivity index (χ4v) is 1.87. The molecule has 0 aliphatic rings. The molecule has 0 saturated heterocycles. The van der Waals surface area contributed by atoms with Gasteiger partial charge in [-0.05, 0) is 35.4 Å². The maximum Gasteiger partial charge on any atom is 0.120 e. The molecule has 0 aliphatic carbocycles. The Balaban J connectivity index is 2.99. The molecule has 0 heterocycles. The summed E-state index contributed by atoms with van der Waals surface area (Å²) in [5.41, 5.74) is 4.09. The molecule has 0 fully saturated rings. The fourth-order valence-electron chi connectivity index (χ4n) is 1.87. The summed E-state index contributed by atoms with van der Waals surface area (Å²) in [6.45, 7) is 6.56. The highest BCUT2D eigenvalue weighted by Gasteiger charge is 2.06. The lowest BCUT2D eigenvalue weighted by Crippen LogP contribution is -1.98. The summed E-state index contributed by atoms with van der Waals surface area (Å²) in [6, 6.07) is 6.65. The van der Waals surface area contributed by atoms with Gasteiger partial charge in [0.05, 0.1) is 0 Å². The highest BCUT2D eigenvalue weighted by molar-refractivity contribution is 5.50. The molecule has 0 N–H and O–H groups in total. The van der Waals surface area contributed by atoms with Crippen molar-refractivity contribution in [1.82, 2.24) is 0 Å². The van der Waals surface area contributed by atoms with E-state index in [1.54, 1.807) is 0 Å². The second kappa shape index (κ2) is 5.69. The number of benzene rings is 1. The van der Waals surface area contributed by atoms with Crippen LogP contribution >= 0.6 is 0 Å². The second-order valence-electron chi connectivity index (χ2n) is 4.25. The summed E-state index contributed by atoms with van der Waals surface area (Å²) in [6.07, 6.45) is 3.58. The molecule has 1 nitrogen and oxygen atoms in total. The van der Waals surface area contributed by atoms with E-state index in [1.165, 1.54) is 16.7 Å². The van der Waals surface area contributed by atoms with Crippen molar-refractivity contribution in [2.45, 2.75) is 46.0 Å². The first kappa shape index (κ1) is 12.0. The van der Waals surface area contributed by atoms with E-state index < -0.39 is 0 Å². The minimum atomic E-state index is 0.539. The lowest BCUT2D eigenvalue weighted by atomic mass is 9.92. The highest BCUT2D eigenvalue weighted by atomic mass is 16.1. The van der Waals surface area contributed by atoms with E-state index in [2.05, 4.69) is 39.0 Å². The second-order valence-corrected chi connectivity index (χ2v) is 4.25. The molecule has 0 aromatic heterocycles. The molecule has 1 rings (SSSR count). The molecular weight excluding hydrogens is 184 g/mol. The smallest absolute Gasteiger partial charge is 0.120 e. The monoisotopic (exact) mass is 204 g/mol. The molecule has 0 aliphatic heterocycles. The van der Waals surface area contributed by atoms with Crippen LogP contribution in [0.4, 0.5) is 0 Å². The Bertz CT molecular complexity index is 326. The van der Waals surface area contributed by atoms with Crippen LogP contribution in [0, 0.1) is 0 Å². The van der Waals surface area contributed by atoms with Crippen molar-refractivity contribution in [3.8, 4) is 0 Å². The Morgan fingerprint density at radius 2 is 2.07 bits per heavy atom. The van der Waals surface area contributed by atoms with Gasteiger partial charge in [0.15, 0.2) is 0 Å². The molecule has 1 aromatic carbocycles. The van der Waals surface area contributed by atoms with Crippen LogP contribution in [0.5, 0.6) is 0 Å². The molecule has 0 radical (unpaired) electrons. The molecule has 0 unspecified atom stereocenters. The van der Waals surface area contributed by atoms with E-state index in [4.69, 9.17) is 0 Å². The first-order valence-corrected chi connectivity index (χ1v) is 5.74. The number of hydrogen-bond donors (Lipinski definition) is 0. The third-order valence-corrected chi connectivity index (χ3v) is 2.77. The minimum absolute atomic E-state index is 0.539. The maximum absolute atomic E-state index is 10.4. The summed E-state index contributed by atoms with van der Waals surface area (Å²) < 4.78 is 0. The molecule has 15 heavy (non-hydrogen) atoms. The number of aryl methyl sites for hydroxylation is 2. The summed E-state index contributed by atoms with van der Waals surface area (Å²) in [5, 5.41) is 0. The van der Waals surface area contributed by atoms with E-state index >= 15 is 0 Å². The summed E-state index contributed by atoms with van der Waals surface area (Å²) in [4.78, 5) is 10.4. The molecule has 0 saturated carbocycles. The van der Waals surface area contributed by atoms with Crippen LogP contribution in [0.3, 0.4) is 0 Å². The first-order chi connectivity index (χ1) is 7.19. The van der Waals surface area contributed by atoms with Crippen molar-refractivity contribution < 1.29 is 4.79 Å². The Kier molecular flexibility index (Phi) is 4.54. The van der Waals surface area contributed by atoms with Crippen molar-refractivity contribution in [3.05, 3.63) is 34.9 Å². The molecule has 1 aromatic rings. The predicted molar refractivity (Wildman–Crippen MR) is 64.3 cm³/mol. The third kappa shape index (κ3) is 3.19. The van der Waals surface area contributed by atoms with Gasteiger partial charge in [0.2, 0.25) is 0 Å². The van der Waals surface area contributed by atoms with Crippen LogP contribution < -0.4 is 0 Å². The Morgan fingerprint density at radius 1 is 1.33 bits per heavy atom. The molecule has 0 spiro atoms. The van der Waals surface area contributed by atoms with Gasteiger partial charge in [-0.2, -0.15) is 0 Å². The third-order valence-electron chi connectivity index (χ3n) is 2.77. The number of hydrogen-bond acceptors (Lipinski definition) is 1. The van der Waals surface area contributed by atoms with Crippen molar-refractivity contribution in [3.63, 3.8) is 0 Å². The fraction of sp³-hybridized carbons (Fsp3) is 0.500.